The molecule has 4 aromatic rings. The number of hydrogen-bond donors (Lipinski definition) is 4. The highest BCUT2D eigenvalue weighted by atomic mass is 16.1. The molecule has 2 aromatic heterocycles. The van der Waals surface area contributed by atoms with Crippen LogP contribution in [0, 0.1) is 0 Å². The van der Waals surface area contributed by atoms with Gasteiger partial charge < -0.3 is 20.5 Å². The van der Waals surface area contributed by atoms with E-state index in [4.69, 9.17) is 0 Å². The van der Waals surface area contributed by atoms with Gasteiger partial charge in [-0.3, -0.25) is 9.89 Å². The third-order valence-electron chi connectivity index (χ3n) is 5.63. The lowest BCUT2D eigenvalue weighted by Crippen LogP contribution is -2.30. The van der Waals surface area contributed by atoms with Crippen LogP contribution in [-0.4, -0.2) is 46.3 Å². The molecule has 1 fully saturated rings. The van der Waals surface area contributed by atoms with E-state index in [1.807, 2.05) is 26.1 Å². The number of carbonyl (C=O) groups is 1. The first kappa shape index (κ1) is 18.5. The highest BCUT2D eigenvalue weighted by Crippen LogP contribution is 2.27. The lowest BCUT2D eigenvalue weighted by atomic mass is 10.2. The molecule has 7 heteroatoms. The van der Waals surface area contributed by atoms with Crippen LogP contribution in [0.1, 0.15) is 30.8 Å². The Bertz CT molecular complexity index is 1210. The molecule has 154 valence electrons. The van der Waals surface area contributed by atoms with Crippen LogP contribution in [0.2, 0.25) is 0 Å². The molecule has 0 bridgehead atoms. The number of H-pyrrole nitrogens is 2. The van der Waals surface area contributed by atoms with Crippen molar-refractivity contribution in [3.8, 4) is 0 Å². The molecule has 0 saturated carbocycles. The Morgan fingerprint density at radius 2 is 2.03 bits per heavy atom. The summed E-state index contributed by atoms with van der Waals surface area (Å²) < 4.78 is 0. The summed E-state index contributed by atoms with van der Waals surface area (Å²) in [6, 6.07) is 15.1. The normalized spacial score (nSPS) is 16.6. The van der Waals surface area contributed by atoms with Crippen molar-refractivity contribution in [1.82, 2.24) is 20.5 Å². The lowest BCUT2D eigenvalue weighted by molar-refractivity contribution is 0.0939. The average Bonchev–Trinajstić information content (AvgIpc) is 3.45. The topological polar surface area (TPSA) is 88.8 Å². The predicted octanol–water partition coefficient (Wildman–Crippen LogP) is 3.87. The van der Waals surface area contributed by atoms with Gasteiger partial charge in [-0.15, -0.1) is 0 Å². The number of amides is 1. The number of nitrogens with zero attached hydrogens (tertiary/aromatic N) is 2. The molecule has 1 aliphatic rings. The summed E-state index contributed by atoms with van der Waals surface area (Å²) in [5, 5.41) is 15.8. The minimum atomic E-state index is -0.0669. The first-order valence-corrected chi connectivity index (χ1v) is 10.4. The van der Waals surface area contributed by atoms with Gasteiger partial charge in [-0.05, 0) is 56.7 Å². The molecule has 30 heavy (non-hydrogen) atoms. The molecule has 2 aromatic carbocycles. The maximum Gasteiger partial charge on any atom is 0.267 e. The Labute approximate surface area is 174 Å². The largest absolute Gasteiger partial charge is 0.380 e. The fourth-order valence-electron chi connectivity index (χ4n) is 4.15. The van der Waals surface area contributed by atoms with Gasteiger partial charge in [0.05, 0.1) is 11.7 Å². The maximum atomic E-state index is 12.3. The summed E-state index contributed by atoms with van der Waals surface area (Å²) in [7, 11) is 0. The first-order valence-electron chi connectivity index (χ1n) is 10.4. The van der Waals surface area contributed by atoms with E-state index in [9.17, 15) is 4.79 Å². The highest BCUT2D eigenvalue weighted by molar-refractivity contribution is 5.98. The van der Waals surface area contributed by atoms with E-state index >= 15 is 0 Å². The van der Waals surface area contributed by atoms with Crippen LogP contribution in [-0.2, 0) is 0 Å². The number of aromatic amines is 2. The van der Waals surface area contributed by atoms with Gasteiger partial charge in [0.2, 0.25) is 0 Å². The maximum absolute atomic E-state index is 12.3. The smallest absolute Gasteiger partial charge is 0.267 e. The third-order valence-corrected chi connectivity index (χ3v) is 5.63. The first-order chi connectivity index (χ1) is 14.5. The van der Waals surface area contributed by atoms with Gasteiger partial charge in [-0.25, -0.2) is 0 Å². The molecule has 1 saturated heterocycles. The van der Waals surface area contributed by atoms with Crippen molar-refractivity contribution in [2.24, 2.45) is 0 Å². The van der Waals surface area contributed by atoms with E-state index in [-0.39, 0.29) is 11.9 Å². The van der Waals surface area contributed by atoms with Crippen molar-refractivity contribution in [3.05, 3.63) is 54.4 Å². The van der Waals surface area contributed by atoms with E-state index in [0.717, 1.165) is 47.0 Å². The summed E-state index contributed by atoms with van der Waals surface area (Å²) in [6.07, 6.45) is 2.93. The van der Waals surface area contributed by atoms with Crippen LogP contribution in [0.5, 0.6) is 0 Å². The predicted molar refractivity (Wildman–Crippen MR) is 121 cm³/mol. The Morgan fingerprint density at radius 3 is 2.90 bits per heavy atom. The Morgan fingerprint density at radius 1 is 1.13 bits per heavy atom. The average molecular weight is 403 g/mol. The summed E-state index contributed by atoms with van der Waals surface area (Å²) >= 11 is 0. The van der Waals surface area contributed by atoms with Crippen molar-refractivity contribution < 1.29 is 4.79 Å². The minimum absolute atomic E-state index is 0.0669. The summed E-state index contributed by atoms with van der Waals surface area (Å²) in [6.45, 7) is 5.86. The van der Waals surface area contributed by atoms with Gasteiger partial charge in [0, 0.05) is 52.8 Å². The van der Waals surface area contributed by atoms with Crippen molar-refractivity contribution in [1.29, 1.82) is 0 Å². The van der Waals surface area contributed by atoms with Gasteiger partial charge in [0.15, 0.2) is 0 Å². The number of rotatable bonds is 5. The van der Waals surface area contributed by atoms with E-state index in [1.165, 1.54) is 5.69 Å². The SMILES string of the molecule is CC(C)NC(=O)c1cc2ccc(N3CCC(Nc4ccc5[nH]ncc5c4)C3)cc2[nH]1. The van der Waals surface area contributed by atoms with Gasteiger partial charge in [0.25, 0.3) is 5.91 Å². The van der Waals surface area contributed by atoms with Crippen molar-refractivity contribution in [2.75, 3.05) is 23.3 Å². The Kier molecular flexibility index (Phi) is 4.58. The van der Waals surface area contributed by atoms with E-state index < -0.39 is 0 Å². The zero-order valence-corrected chi connectivity index (χ0v) is 17.2. The number of hydrogen-bond acceptors (Lipinski definition) is 4. The molecule has 5 rings (SSSR count). The van der Waals surface area contributed by atoms with Gasteiger partial charge in [-0.2, -0.15) is 5.10 Å². The molecule has 7 nitrogen and oxygen atoms in total. The van der Waals surface area contributed by atoms with E-state index in [1.54, 1.807) is 0 Å². The van der Waals surface area contributed by atoms with Gasteiger partial charge in [0.1, 0.15) is 5.69 Å². The van der Waals surface area contributed by atoms with Crippen molar-refractivity contribution in [3.63, 3.8) is 0 Å². The summed E-state index contributed by atoms with van der Waals surface area (Å²) in [5.74, 6) is -0.0669. The monoisotopic (exact) mass is 402 g/mol. The molecular weight excluding hydrogens is 376 g/mol. The van der Waals surface area contributed by atoms with E-state index in [2.05, 4.69) is 67.1 Å². The number of anilines is 2. The number of benzene rings is 2. The van der Waals surface area contributed by atoms with Crippen LogP contribution in [0.3, 0.4) is 0 Å². The fraction of sp³-hybridized carbons (Fsp3) is 0.304. The molecule has 0 aliphatic carbocycles. The third kappa shape index (κ3) is 3.58. The molecule has 1 amide bonds. The second-order valence-electron chi connectivity index (χ2n) is 8.33. The Hall–Kier alpha value is -3.48. The fourth-order valence-corrected chi connectivity index (χ4v) is 4.15. The quantitative estimate of drug-likeness (QED) is 0.408. The zero-order chi connectivity index (χ0) is 20.7. The number of carbonyl (C=O) groups excluding carboxylic acids is 1. The van der Waals surface area contributed by atoms with Crippen LogP contribution < -0.4 is 15.5 Å². The van der Waals surface area contributed by atoms with Crippen LogP contribution >= 0.6 is 0 Å². The molecule has 1 atom stereocenters. The van der Waals surface area contributed by atoms with Crippen LogP contribution in [0.15, 0.2) is 48.7 Å². The van der Waals surface area contributed by atoms with E-state index in [0.29, 0.717) is 11.7 Å². The lowest BCUT2D eigenvalue weighted by Gasteiger charge is -2.19. The minimum Gasteiger partial charge on any atom is -0.380 e. The van der Waals surface area contributed by atoms with Gasteiger partial charge in [-0.1, -0.05) is 6.07 Å². The van der Waals surface area contributed by atoms with Crippen molar-refractivity contribution in [2.45, 2.75) is 32.4 Å². The number of nitrogens with one attached hydrogen (secondary N) is 4. The van der Waals surface area contributed by atoms with Crippen molar-refractivity contribution >= 4 is 39.1 Å². The molecule has 1 unspecified atom stereocenters. The van der Waals surface area contributed by atoms with Crippen LogP contribution in [0.4, 0.5) is 11.4 Å². The standard InChI is InChI=1S/C23H26N6O/c1-14(2)25-23(30)22-10-15-3-5-19(11-21(15)27-22)29-8-7-18(13-29)26-17-4-6-20-16(9-17)12-24-28-20/h3-6,9-12,14,18,26-27H,7-8,13H2,1-2H3,(H,24,28)(H,25,30). The van der Waals surface area contributed by atoms with Gasteiger partial charge >= 0.3 is 0 Å². The zero-order valence-electron chi connectivity index (χ0n) is 17.2. The molecule has 0 spiro atoms. The molecular formula is C23H26N6O. The second-order valence-corrected chi connectivity index (χ2v) is 8.33. The van der Waals surface area contributed by atoms with Crippen LogP contribution in [0.25, 0.3) is 21.8 Å². The summed E-state index contributed by atoms with van der Waals surface area (Å²) in [5.41, 5.74) is 4.94. The second kappa shape index (κ2) is 7.40. The summed E-state index contributed by atoms with van der Waals surface area (Å²) in [4.78, 5) is 17.9. The number of fused-ring (bicyclic) bond motifs is 2. The number of aromatic nitrogens is 3. The molecule has 0 radical (unpaired) electrons. The highest BCUT2D eigenvalue weighted by Gasteiger charge is 2.23. The molecule has 3 heterocycles. The molecule has 4 N–H and O–H groups in total. The Balaban J connectivity index is 1.29. The molecule has 1 aliphatic heterocycles.